The molecule has 0 aromatic heterocycles. The number of amides is 2. The molecule has 0 saturated heterocycles. The van der Waals surface area contributed by atoms with Gasteiger partial charge in [0.05, 0.1) is 13.2 Å². The zero-order chi connectivity index (χ0) is 19.8. The minimum absolute atomic E-state index is 0.102. The second kappa shape index (κ2) is 9.97. The molecule has 0 fully saturated rings. The first-order valence-corrected chi connectivity index (χ1v) is 9.25. The first-order chi connectivity index (χ1) is 12.9. The van der Waals surface area contributed by atoms with E-state index in [1.54, 1.807) is 31.4 Å². The molecule has 0 aliphatic heterocycles. The number of methoxy groups -OCH3 is 1. The first-order valence-electron chi connectivity index (χ1n) is 8.87. The highest BCUT2D eigenvalue weighted by Crippen LogP contribution is 2.24. The lowest BCUT2D eigenvalue weighted by molar-refractivity contribution is -0.122. The number of hydrogen-bond acceptors (Lipinski definition) is 3. The van der Waals surface area contributed by atoms with E-state index in [4.69, 9.17) is 16.3 Å². The van der Waals surface area contributed by atoms with Gasteiger partial charge < -0.3 is 15.4 Å². The van der Waals surface area contributed by atoms with Gasteiger partial charge in [0.1, 0.15) is 5.75 Å². The van der Waals surface area contributed by atoms with Crippen LogP contribution in [-0.4, -0.2) is 25.5 Å². The molecule has 0 aliphatic rings. The fourth-order valence-corrected chi connectivity index (χ4v) is 2.81. The van der Waals surface area contributed by atoms with Gasteiger partial charge in [-0.05, 0) is 47.9 Å². The Bertz CT molecular complexity index is 758. The van der Waals surface area contributed by atoms with Gasteiger partial charge >= 0.3 is 0 Å². The molecule has 1 unspecified atom stereocenters. The average molecular weight is 389 g/mol. The lowest BCUT2D eigenvalue weighted by Crippen LogP contribution is -2.34. The van der Waals surface area contributed by atoms with Crippen LogP contribution >= 0.6 is 11.6 Å². The topological polar surface area (TPSA) is 67.4 Å². The second-order valence-electron chi connectivity index (χ2n) is 6.58. The Hall–Kier alpha value is -2.53. The summed E-state index contributed by atoms with van der Waals surface area (Å²) in [7, 11) is 1.62. The number of carbonyl (C=O) groups excluding carboxylic acids is 2. The molecular formula is C21H25ClN2O3. The molecular weight excluding hydrogens is 364 g/mol. The zero-order valence-corrected chi connectivity index (χ0v) is 16.5. The highest BCUT2D eigenvalue weighted by Gasteiger charge is 2.18. The molecule has 0 radical (unpaired) electrons. The van der Waals surface area contributed by atoms with Crippen LogP contribution in [0.4, 0.5) is 0 Å². The van der Waals surface area contributed by atoms with E-state index in [1.807, 2.05) is 24.3 Å². The molecule has 0 saturated carbocycles. The normalized spacial score (nSPS) is 11.7. The standard InChI is InChI=1S/C21H25ClN2O3/c1-14(2)20(15-6-10-18(27-3)11-7-15)24-19(25)12-13-23-21(26)16-4-8-17(22)9-5-16/h4-11,14,20H,12-13H2,1-3H3,(H,23,26)(H,24,25). The quantitative estimate of drug-likeness (QED) is 0.718. The number of ether oxygens (including phenoxy) is 1. The molecule has 2 amide bonds. The van der Waals surface area contributed by atoms with Crippen molar-refractivity contribution in [2.75, 3.05) is 13.7 Å². The molecule has 2 rings (SSSR count). The molecule has 5 nitrogen and oxygen atoms in total. The van der Waals surface area contributed by atoms with E-state index < -0.39 is 0 Å². The molecule has 0 bridgehead atoms. The van der Waals surface area contributed by atoms with E-state index in [0.29, 0.717) is 10.6 Å². The van der Waals surface area contributed by atoms with E-state index in [2.05, 4.69) is 24.5 Å². The summed E-state index contributed by atoms with van der Waals surface area (Å²) in [5.74, 6) is 0.666. The summed E-state index contributed by atoms with van der Waals surface area (Å²) in [6.07, 6.45) is 0.207. The monoisotopic (exact) mass is 388 g/mol. The molecule has 6 heteroatoms. The van der Waals surface area contributed by atoms with Gasteiger partial charge in [-0.2, -0.15) is 0 Å². The van der Waals surface area contributed by atoms with Crippen molar-refractivity contribution in [2.45, 2.75) is 26.3 Å². The minimum Gasteiger partial charge on any atom is -0.497 e. The van der Waals surface area contributed by atoms with E-state index in [-0.39, 0.29) is 36.7 Å². The van der Waals surface area contributed by atoms with E-state index >= 15 is 0 Å². The van der Waals surface area contributed by atoms with Gasteiger partial charge in [-0.3, -0.25) is 9.59 Å². The maximum atomic E-state index is 12.3. The molecule has 0 spiro atoms. The van der Waals surface area contributed by atoms with Crippen molar-refractivity contribution >= 4 is 23.4 Å². The second-order valence-corrected chi connectivity index (χ2v) is 7.01. The number of halogens is 1. The van der Waals surface area contributed by atoms with Crippen LogP contribution in [0.15, 0.2) is 48.5 Å². The Kier molecular flexibility index (Phi) is 7.67. The van der Waals surface area contributed by atoms with Gasteiger partial charge in [0.25, 0.3) is 5.91 Å². The van der Waals surface area contributed by atoms with Crippen LogP contribution in [0, 0.1) is 5.92 Å². The van der Waals surface area contributed by atoms with Crippen LogP contribution < -0.4 is 15.4 Å². The fraction of sp³-hybridized carbons (Fsp3) is 0.333. The zero-order valence-electron chi connectivity index (χ0n) is 15.8. The molecule has 2 aromatic rings. The number of carbonyl (C=O) groups is 2. The fourth-order valence-electron chi connectivity index (χ4n) is 2.68. The van der Waals surface area contributed by atoms with Crippen molar-refractivity contribution in [1.29, 1.82) is 0 Å². The summed E-state index contributed by atoms with van der Waals surface area (Å²) in [4.78, 5) is 24.4. The van der Waals surface area contributed by atoms with Crippen molar-refractivity contribution in [3.63, 3.8) is 0 Å². The largest absolute Gasteiger partial charge is 0.497 e. The van der Waals surface area contributed by atoms with Crippen molar-refractivity contribution in [3.05, 3.63) is 64.7 Å². The molecule has 1 atom stereocenters. The molecule has 144 valence electrons. The first kappa shape index (κ1) is 20.8. The van der Waals surface area contributed by atoms with Gasteiger partial charge in [0.15, 0.2) is 0 Å². The van der Waals surface area contributed by atoms with Crippen molar-refractivity contribution < 1.29 is 14.3 Å². The summed E-state index contributed by atoms with van der Waals surface area (Å²) in [5.41, 5.74) is 1.53. The van der Waals surface area contributed by atoms with Crippen LogP contribution in [0.5, 0.6) is 5.75 Å². The van der Waals surface area contributed by atoms with Gasteiger partial charge in [-0.25, -0.2) is 0 Å². The van der Waals surface area contributed by atoms with Crippen LogP contribution in [0.3, 0.4) is 0 Å². The molecule has 27 heavy (non-hydrogen) atoms. The van der Waals surface area contributed by atoms with Crippen LogP contribution in [-0.2, 0) is 4.79 Å². The van der Waals surface area contributed by atoms with Crippen molar-refractivity contribution in [2.24, 2.45) is 5.92 Å². The predicted octanol–water partition coefficient (Wildman–Crippen LogP) is 3.98. The average Bonchev–Trinajstić information content (AvgIpc) is 2.66. The van der Waals surface area contributed by atoms with Crippen molar-refractivity contribution in [3.8, 4) is 5.75 Å². The number of hydrogen-bond donors (Lipinski definition) is 2. The molecule has 0 heterocycles. The highest BCUT2D eigenvalue weighted by molar-refractivity contribution is 6.30. The minimum atomic E-state index is -0.227. The number of rotatable bonds is 8. The number of nitrogens with one attached hydrogen (secondary N) is 2. The third-order valence-corrected chi connectivity index (χ3v) is 4.45. The lowest BCUT2D eigenvalue weighted by Gasteiger charge is -2.23. The lowest BCUT2D eigenvalue weighted by atomic mass is 9.96. The Morgan fingerprint density at radius 1 is 1.04 bits per heavy atom. The number of benzene rings is 2. The maximum absolute atomic E-state index is 12.3. The predicted molar refractivity (Wildman–Crippen MR) is 107 cm³/mol. The van der Waals surface area contributed by atoms with Gasteiger partial charge in [-0.1, -0.05) is 37.6 Å². The Morgan fingerprint density at radius 3 is 2.22 bits per heavy atom. The van der Waals surface area contributed by atoms with Gasteiger partial charge in [0, 0.05) is 23.6 Å². The summed E-state index contributed by atoms with van der Waals surface area (Å²) in [5, 5.41) is 6.36. The Morgan fingerprint density at radius 2 is 1.67 bits per heavy atom. The molecule has 0 aliphatic carbocycles. The molecule has 2 N–H and O–H groups in total. The third kappa shape index (κ3) is 6.29. The van der Waals surface area contributed by atoms with Crippen LogP contribution in [0.2, 0.25) is 5.02 Å². The third-order valence-electron chi connectivity index (χ3n) is 4.20. The SMILES string of the molecule is COc1ccc(C(NC(=O)CCNC(=O)c2ccc(Cl)cc2)C(C)C)cc1. The Labute approximate surface area is 165 Å². The Balaban J connectivity index is 1.86. The smallest absolute Gasteiger partial charge is 0.251 e. The van der Waals surface area contributed by atoms with E-state index in [1.165, 1.54) is 0 Å². The summed E-state index contributed by atoms with van der Waals surface area (Å²) in [6, 6.07) is 14.2. The summed E-state index contributed by atoms with van der Waals surface area (Å²) >= 11 is 5.81. The summed E-state index contributed by atoms with van der Waals surface area (Å²) < 4.78 is 5.17. The van der Waals surface area contributed by atoms with E-state index in [9.17, 15) is 9.59 Å². The maximum Gasteiger partial charge on any atom is 0.251 e. The molecule has 2 aromatic carbocycles. The van der Waals surface area contributed by atoms with Crippen LogP contribution in [0.25, 0.3) is 0 Å². The van der Waals surface area contributed by atoms with Gasteiger partial charge in [-0.15, -0.1) is 0 Å². The van der Waals surface area contributed by atoms with Crippen LogP contribution in [0.1, 0.15) is 42.2 Å². The van der Waals surface area contributed by atoms with E-state index in [0.717, 1.165) is 11.3 Å². The highest BCUT2D eigenvalue weighted by atomic mass is 35.5. The van der Waals surface area contributed by atoms with Crippen molar-refractivity contribution in [1.82, 2.24) is 10.6 Å². The van der Waals surface area contributed by atoms with Gasteiger partial charge in [0.2, 0.25) is 5.91 Å². The summed E-state index contributed by atoms with van der Waals surface area (Å²) in [6.45, 7) is 4.37.